The summed E-state index contributed by atoms with van der Waals surface area (Å²) in [5.74, 6) is -0.169. The van der Waals surface area contributed by atoms with Crippen LogP contribution in [0.1, 0.15) is 27.3 Å². The van der Waals surface area contributed by atoms with Gasteiger partial charge in [-0.1, -0.05) is 23.4 Å². The third-order valence-electron chi connectivity index (χ3n) is 3.02. The zero-order valence-corrected chi connectivity index (χ0v) is 11.9. The van der Waals surface area contributed by atoms with Crippen molar-refractivity contribution in [3.63, 3.8) is 0 Å². The second-order valence-corrected chi connectivity index (χ2v) is 4.66. The fourth-order valence-corrected chi connectivity index (χ4v) is 1.99. The number of nitrogens with zero attached hydrogens (tertiary/aromatic N) is 3. The Balaban J connectivity index is 2.06. The maximum absolute atomic E-state index is 12.1. The highest BCUT2D eigenvalue weighted by Crippen LogP contribution is 2.06. The van der Waals surface area contributed by atoms with Crippen molar-refractivity contribution in [1.29, 1.82) is 0 Å². The molecule has 1 amide bonds. The molecule has 0 bridgehead atoms. The van der Waals surface area contributed by atoms with Crippen LogP contribution in [0.4, 0.5) is 0 Å². The van der Waals surface area contributed by atoms with E-state index in [1.807, 2.05) is 13.0 Å². The number of aryl methyl sites for hydroxylation is 2. The fourth-order valence-electron chi connectivity index (χ4n) is 1.99. The Bertz CT molecular complexity index is 690. The number of oxime groups is 1. The van der Waals surface area contributed by atoms with E-state index >= 15 is 0 Å². The van der Waals surface area contributed by atoms with E-state index in [2.05, 4.69) is 15.6 Å². The van der Waals surface area contributed by atoms with Crippen molar-refractivity contribution >= 4 is 11.7 Å². The molecule has 2 rings (SSSR count). The van der Waals surface area contributed by atoms with Gasteiger partial charge in [0.15, 0.2) is 5.84 Å². The summed E-state index contributed by atoms with van der Waals surface area (Å²) in [4.78, 5) is 12.1. The smallest absolute Gasteiger partial charge is 0.269 e. The Labute approximate surface area is 122 Å². The second-order valence-electron chi connectivity index (χ2n) is 4.66. The van der Waals surface area contributed by atoms with Gasteiger partial charge in [-0.25, -0.2) is 0 Å². The van der Waals surface area contributed by atoms with Gasteiger partial charge in [0, 0.05) is 19.2 Å². The molecular weight excluding hydrogens is 270 g/mol. The summed E-state index contributed by atoms with van der Waals surface area (Å²) in [6.07, 6.45) is 0. The summed E-state index contributed by atoms with van der Waals surface area (Å²) in [5, 5.41) is 18.6. The number of rotatable bonds is 4. The molecular formula is C14H17N5O2. The Morgan fingerprint density at radius 2 is 2.24 bits per heavy atom. The lowest BCUT2D eigenvalue weighted by Crippen LogP contribution is -2.25. The predicted octanol–water partition coefficient (Wildman–Crippen LogP) is 0.753. The van der Waals surface area contributed by atoms with Crippen molar-refractivity contribution in [2.24, 2.45) is 17.9 Å². The topological polar surface area (TPSA) is 106 Å². The van der Waals surface area contributed by atoms with Crippen LogP contribution in [0.5, 0.6) is 0 Å². The first-order valence-electron chi connectivity index (χ1n) is 6.37. The molecule has 1 aromatic heterocycles. The lowest BCUT2D eigenvalue weighted by molar-refractivity contribution is 0.0941. The van der Waals surface area contributed by atoms with Crippen LogP contribution >= 0.6 is 0 Å². The highest BCUT2D eigenvalue weighted by molar-refractivity contribution is 5.97. The molecule has 0 atom stereocenters. The van der Waals surface area contributed by atoms with Crippen LogP contribution in [-0.4, -0.2) is 26.7 Å². The molecule has 0 spiro atoms. The predicted molar refractivity (Wildman–Crippen MR) is 78.1 cm³/mol. The molecule has 0 fully saturated rings. The molecule has 0 aliphatic carbocycles. The minimum absolute atomic E-state index is 0.0328. The Morgan fingerprint density at radius 1 is 1.48 bits per heavy atom. The van der Waals surface area contributed by atoms with Crippen LogP contribution < -0.4 is 11.1 Å². The summed E-state index contributed by atoms with van der Waals surface area (Å²) in [6.45, 7) is 2.17. The molecule has 0 saturated carbocycles. The third kappa shape index (κ3) is 3.38. The molecule has 7 nitrogen and oxygen atoms in total. The minimum atomic E-state index is -0.202. The van der Waals surface area contributed by atoms with Gasteiger partial charge in [-0.2, -0.15) is 5.10 Å². The maximum atomic E-state index is 12.1. The van der Waals surface area contributed by atoms with Gasteiger partial charge in [-0.15, -0.1) is 0 Å². The number of carbonyl (C=O) groups excluding carboxylic acids is 1. The van der Waals surface area contributed by atoms with E-state index in [0.717, 1.165) is 11.3 Å². The van der Waals surface area contributed by atoms with Gasteiger partial charge in [-0.05, 0) is 24.6 Å². The number of benzene rings is 1. The maximum Gasteiger partial charge on any atom is 0.269 e. The molecule has 0 radical (unpaired) electrons. The largest absolute Gasteiger partial charge is 0.409 e. The minimum Gasteiger partial charge on any atom is -0.409 e. The Hall–Kier alpha value is -2.83. The van der Waals surface area contributed by atoms with Gasteiger partial charge in [0.1, 0.15) is 5.69 Å². The van der Waals surface area contributed by atoms with Crippen LogP contribution in [-0.2, 0) is 13.6 Å². The van der Waals surface area contributed by atoms with Crippen LogP contribution in [0.2, 0.25) is 0 Å². The van der Waals surface area contributed by atoms with E-state index < -0.39 is 0 Å². The van der Waals surface area contributed by atoms with E-state index in [9.17, 15) is 4.79 Å². The van der Waals surface area contributed by atoms with E-state index in [1.54, 1.807) is 31.3 Å². The number of amides is 1. The monoisotopic (exact) mass is 287 g/mol. The average molecular weight is 287 g/mol. The number of nitrogens with one attached hydrogen (secondary N) is 1. The van der Waals surface area contributed by atoms with Gasteiger partial charge in [-0.3, -0.25) is 9.48 Å². The lowest BCUT2D eigenvalue weighted by Gasteiger charge is -2.07. The van der Waals surface area contributed by atoms with Gasteiger partial charge >= 0.3 is 0 Å². The van der Waals surface area contributed by atoms with E-state index in [4.69, 9.17) is 10.9 Å². The summed E-state index contributed by atoms with van der Waals surface area (Å²) >= 11 is 0. The number of hydrogen-bond donors (Lipinski definition) is 3. The van der Waals surface area contributed by atoms with Crippen molar-refractivity contribution < 1.29 is 10.0 Å². The number of hydrogen-bond acceptors (Lipinski definition) is 4. The summed E-state index contributed by atoms with van der Waals surface area (Å²) < 4.78 is 1.54. The highest BCUT2D eigenvalue weighted by Gasteiger charge is 2.11. The van der Waals surface area contributed by atoms with Crippen molar-refractivity contribution in [2.75, 3.05) is 0 Å². The lowest BCUT2D eigenvalue weighted by atomic mass is 10.1. The van der Waals surface area contributed by atoms with Gasteiger partial charge < -0.3 is 16.3 Å². The van der Waals surface area contributed by atoms with Crippen molar-refractivity contribution in [2.45, 2.75) is 13.5 Å². The molecule has 1 heterocycles. The van der Waals surface area contributed by atoms with E-state index in [0.29, 0.717) is 17.8 Å². The fraction of sp³-hybridized carbons (Fsp3) is 0.214. The van der Waals surface area contributed by atoms with E-state index in [1.165, 1.54) is 4.68 Å². The second kappa shape index (κ2) is 6.08. The summed E-state index contributed by atoms with van der Waals surface area (Å²) in [6, 6.07) is 8.84. The van der Waals surface area contributed by atoms with Crippen molar-refractivity contribution in [3.05, 3.63) is 52.8 Å². The molecule has 0 unspecified atom stereocenters. The Kier molecular flexibility index (Phi) is 4.22. The van der Waals surface area contributed by atoms with Crippen LogP contribution in [0.15, 0.2) is 35.5 Å². The normalized spacial score (nSPS) is 11.4. The van der Waals surface area contributed by atoms with Gasteiger partial charge in [0.25, 0.3) is 5.91 Å². The molecule has 7 heteroatoms. The van der Waals surface area contributed by atoms with Crippen LogP contribution in [0, 0.1) is 6.92 Å². The molecule has 0 aliphatic heterocycles. The summed E-state index contributed by atoms with van der Waals surface area (Å²) in [7, 11) is 1.72. The van der Waals surface area contributed by atoms with Crippen molar-refractivity contribution in [3.8, 4) is 0 Å². The average Bonchev–Trinajstić information content (AvgIpc) is 2.83. The van der Waals surface area contributed by atoms with Crippen LogP contribution in [0.3, 0.4) is 0 Å². The number of carbonyl (C=O) groups is 1. The molecule has 1 aromatic carbocycles. The Morgan fingerprint density at radius 3 is 2.86 bits per heavy atom. The zero-order valence-electron chi connectivity index (χ0n) is 11.9. The zero-order chi connectivity index (χ0) is 15.4. The first-order valence-corrected chi connectivity index (χ1v) is 6.37. The highest BCUT2D eigenvalue weighted by atomic mass is 16.4. The van der Waals surface area contributed by atoms with Gasteiger partial charge in [0.2, 0.25) is 0 Å². The third-order valence-corrected chi connectivity index (χ3v) is 3.02. The van der Waals surface area contributed by atoms with Crippen LogP contribution in [0.25, 0.3) is 0 Å². The quantitative estimate of drug-likeness (QED) is 0.334. The molecule has 4 N–H and O–H groups in total. The first-order chi connectivity index (χ1) is 10.0. The number of aromatic nitrogens is 2. The molecule has 110 valence electrons. The van der Waals surface area contributed by atoms with E-state index in [-0.39, 0.29) is 11.7 Å². The molecule has 0 saturated heterocycles. The number of nitrogens with two attached hydrogens (primary N) is 1. The van der Waals surface area contributed by atoms with Crippen molar-refractivity contribution in [1.82, 2.24) is 15.1 Å². The molecule has 21 heavy (non-hydrogen) atoms. The first kappa shape index (κ1) is 14.6. The SMILES string of the molecule is Cc1cc(C(=O)NCc2cccc(C(N)=NO)c2)n(C)n1. The van der Waals surface area contributed by atoms with Gasteiger partial charge in [0.05, 0.1) is 5.69 Å². The standard InChI is InChI=1S/C14H17N5O2/c1-9-6-12(19(2)17-9)14(20)16-8-10-4-3-5-11(7-10)13(15)18-21/h3-7,21H,8H2,1-2H3,(H2,15,18)(H,16,20). The molecule has 0 aliphatic rings. The number of amidine groups is 1. The summed E-state index contributed by atoms with van der Waals surface area (Å²) in [5.41, 5.74) is 8.27. The molecule has 2 aromatic rings.